The van der Waals surface area contributed by atoms with Crippen molar-refractivity contribution in [1.82, 2.24) is 15.1 Å². The maximum Gasteiger partial charge on any atom is 0.223 e. The van der Waals surface area contributed by atoms with Crippen LogP contribution in [-0.2, 0) is 17.8 Å². The van der Waals surface area contributed by atoms with E-state index in [1.54, 1.807) is 0 Å². The van der Waals surface area contributed by atoms with Crippen molar-refractivity contribution in [3.05, 3.63) is 112 Å². The van der Waals surface area contributed by atoms with Crippen LogP contribution in [0.25, 0.3) is 11.3 Å². The molecule has 0 aliphatic carbocycles. The zero-order chi connectivity index (χ0) is 21.9. The van der Waals surface area contributed by atoms with Crippen molar-refractivity contribution in [2.45, 2.75) is 25.3 Å². The molecule has 0 fully saturated rings. The summed E-state index contributed by atoms with van der Waals surface area (Å²) in [4.78, 5) is 15.4. The fourth-order valence-corrected chi connectivity index (χ4v) is 4.58. The summed E-state index contributed by atoms with van der Waals surface area (Å²) in [6, 6.07) is 28.3. The van der Waals surface area contributed by atoms with Crippen molar-refractivity contribution in [3.63, 3.8) is 0 Å². The van der Waals surface area contributed by atoms with Gasteiger partial charge in [-0.05, 0) is 23.3 Å². The average molecular weight is 442 g/mol. The second kappa shape index (κ2) is 9.01. The maximum absolute atomic E-state index is 13.5. The van der Waals surface area contributed by atoms with Crippen LogP contribution >= 0.6 is 11.6 Å². The van der Waals surface area contributed by atoms with Gasteiger partial charge in [-0.15, -0.1) is 0 Å². The number of H-pyrrole nitrogens is 1. The molecule has 5 rings (SSSR count). The number of carbonyl (C=O) groups excluding carboxylic acids is 1. The van der Waals surface area contributed by atoms with Crippen LogP contribution in [0.1, 0.15) is 34.7 Å². The normalized spacial score (nSPS) is 13.2. The van der Waals surface area contributed by atoms with E-state index in [1.165, 1.54) is 0 Å². The number of hydrogen-bond acceptors (Lipinski definition) is 2. The third-order valence-corrected chi connectivity index (χ3v) is 6.44. The molecule has 3 aromatic carbocycles. The summed E-state index contributed by atoms with van der Waals surface area (Å²) in [5.74, 6) is 0.197. The van der Waals surface area contributed by atoms with Gasteiger partial charge in [0.25, 0.3) is 0 Å². The smallest absolute Gasteiger partial charge is 0.223 e. The molecule has 1 N–H and O–H groups in total. The van der Waals surface area contributed by atoms with Gasteiger partial charge in [0.2, 0.25) is 5.91 Å². The van der Waals surface area contributed by atoms with E-state index in [4.69, 9.17) is 11.6 Å². The lowest BCUT2D eigenvalue weighted by Crippen LogP contribution is -2.36. The molecular formula is C27H24ClN3O. The highest BCUT2D eigenvalue weighted by molar-refractivity contribution is 6.30. The Morgan fingerprint density at radius 1 is 0.938 bits per heavy atom. The van der Waals surface area contributed by atoms with Gasteiger partial charge in [-0.1, -0.05) is 84.4 Å². The average Bonchev–Trinajstić information content (AvgIpc) is 3.27. The number of aromatic nitrogens is 2. The van der Waals surface area contributed by atoms with Crippen molar-refractivity contribution in [1.29, 1.82) is 0 Å². The van der Waals surface area contributed by atoms with Crippen LogP contribution in [0.15, 0.2) is 84.9 Å². The number of benzene rings is 3. The van der Waals surface area contributed by atoms with E-state index in [9.17, 15) is 4.79 Å². The summed E-state index contributed by atoms with van der Waals surface area (Å²) in [6.07, 6.45) is 1.22. The van der Waals surface area contributed by atoms with E-state index in [-0.39, 0.29) is 11.8 Å². The minimum atomic E-state index is 0.0337. The van der Waals surface area contributed by atoms with Crippen LogP contribution in [0, 0.1) is 0 Å². The van der Waals surface area contributed by atoms with E-state index < -0.39 is 0 Å². The first kappa shape index (κ1) is 20.5. The molecule has 1 aliphatic rings. The van der Waals surface area contributed by atoms with Gasteiger partial charge in [0.15, 0.2) is 0 Å². The molecule has 1 amide bonds. The van der Waals surface area contributed by atoms with Crippen LogP contribution in [0.2, 0.25) is 5.02 Å². The van der Waals surface area contributed by atoms with E-state index in [2.05, 4.69) is 34.5 Å². The molecule has 5 heteroatoms. The molecule has 4 aromatic rings. The lowest BCUT2D eigenvalue weighted by atomic mass is 9.88. The quantitative estimate of drug-likeness (QED) is 0.423. The lowest BCUT2D eigenvalue weighted by molar-refractivity contribution is -0.132. The predicted octanol–water partition coefficient (Wildman–Crippen LogP) is 5.84. The van der Waals surface area contributed by atoms with E-state index in [0.29, 0.717) is 24.5 Å². The molecule has 0 bridgehead atoms. The zero-order valence-electron chi connectivity index (χ0n) is 17.7. The molecule has 4 nitrogen and oxygen atoms in total. The molecule has 1 aromatic heterocycles. The van der Waals surface area contributed by atoms with Gasteiger partial charge < -0.3 is 4.90 Å². The monoisotopic (exact) mass is 441 g/mol. The van der Waals surface area contributed by atoms with Gasteiger partial charge in [-0.2, -0.15) is 5.10 Å². The van der Waals surface area contributed by atoms with Gasteiger partial charge >= 0.3 is 0 Å². The Bertz CT molecular complexity index is 1160. The number of amides is 1. The summed E-state index contributed by atoms with van der Waals surface area (Å²) in [5.41, 5.74) is 6.44. The molecule has 0 saturated carbocycles. The molecule has 0 saturated heterocycles. The van der Waals surface area contributed by atoms with Crippen LogP contribution in [0.3, 0.4) is 0 Å². The second-order valence-corrected chi connectivity index (χ2v) is 8.62. The number of rotatable bonds is 5. The molecule has 160 valence electrons. The maximum atomic E-state index is 13.5. The van der Waals surface area contributed by atoms with Gasteiger partial charge in [-0.3, -0.25) is 9.89 Å². The number of nitrogens with one attached hydrogen (secondary N) is 1. The van der Waals surface area contributed by atoms with Crippen molar-refractivity contribution in [3.8, 4) is 11.3 Å². The number of hydrogen-bond donors (Lipinski definition) is 1. The zero-order valence-corrected chi connectivity index (χ0v) is 18.4. The summed E-state index contributed by atoms with van der Waals surface area (Å²) < 4.78 is 0. The molecular weight excluding hydrogens is 418 g/mol. The standard InChI is InChI=1S/C27H24ClN3O/c28-22-13-11-21(12-14-22)27-24-18-31(16-15-25(24)29-30-27)26(32)17-23(19-7-3-1-4-8-19)20-9-5-2-6-10-20/h1-14,23H,15-18H2,(H,29,30). The first-order valence-corrected chi connectivity index (χ1v) is 11.3. The minimum Gasteiger partial charge on any atom is -0.338 e. The predicted molar refractivity (Wildman–Crippen MR) is 127 cm³/mol. The lowest BCUT2D eigenvalue weighted by Gasteiger charge is -2.29. The minimum absolute atomic E-state index is 0.0337. The van der Waals surface area contributed by atoms with Crippen molar-refractivity contribution in [2.24, 2.45) is 0 Å². The second-order valence-electron chi connectivity index (χ2n) is 8.18. The highest BCUT2D eigenvalue weighted by Crippen LogP contribution is 2.32. The van der Waals surface area contributed by atoms with Gasteiger partial charge in [-0.25, -0.2) is 0 Å². The van der Waals surface area contributed by atoms with Gasteiger partial charge in [0.05, 0.1) is 5.69 Å². The van der Waals surface area contributed by atoms with Gasteiger partial charge in [0.1, 0.15) is 0 Å². The summed E-state index contributed by atoms with van der Waals surface area (Å²) in [5, 5.41) is 8.41. The van der Waals surface area contributed by atoms with Crippen molar-refractivity contribution in [2.75, 3.05) is 6.54 Å². The van der Waals surface area contributed by atoms with E-state index in [0.717, 1.165) is 40.1 Å². The van der Waals surface area contributed by atoms with Crippen LogP contribution in [0.5, 0.6) is 0 Å². The van der Waals surface area contributed by atoms with Crippen LogP contribution in [0.4, 0.5) is 0 Å². The molecule has 0 atom stereocenters. The Balaban J connectivity index is 1.39. The fourth-order valence-electron chi connectivity index (χ4n) is 4.46. The number of fused-ring (bicyclic) bond motifs is 1. The molecule has 0 unspecified atom stereocenters. The largest absolute Gasteiger partial charge is 0.338 e. The Kier molecular flexibility index (Phi) is 5.78. The van der Waals surface area contributed by atoms with Gasteiger partial charge in [0, 0.05) is 53.7 Å². The SMILES string of the molecule is O=C(CC(c1ccccc1)c1ccccc1)N1CCc2[nH]nc(-c3ccc(Cl)cc3)c2C1. The Morgan fingerprint density at radius 2 is 1.56 bits per heavy atom. The topological polar surface area (TPSA) is 49.0 Å². The molecule has 0 spiro atoms. The molecule has 1 aliphatic heterocycles. The third-order valence-electron chi connectivity index (χ3n) is 6.19. The van der Waals surface area contributed by atoms with Crippen LogP contribution in [-0.4, -0.2) is 27.5 Å². The fraction of sp³-hybridized carbons (Fsp3) is 0.185. The molecule has 0 radical (unpaired) electrons. The first-order valence-electron chi connectivity index (χ1n) is 10.9. The Labute approximate surface area is 192 Å². The third kappa shape index (κ3) is 4.19. The highest BCUT2D eigenvalue weighted by Gasteiger charge is 2.28. The van der Waals surface area contributed by atoms with Crippen molar-refractivity contribution < 1.29 is 4.79 Å². The highest BCUT2D eigenvalue weighted by atomic mass is 35.5. The molecule has 32 heavy (non-hydrogen) atoms. The van der Waals surface area contributed by atoms with Crippen LogP contribution < -0.4 is 0 Å². The molecule has 2 heterocycles. The summed E-state index contributed by atoms with van der Waals surface area (Å²) >= 11 is 6.05. The van der Waals surface area contributed by atoms with E-state index >= 15 is 0 Å². The summed E-state index contributed by atoms with van der Waals surface area (Å²) in [7, 11) is 0. The Hall–Kier alpha value is -3.37. The number of aromatic amines is 1. The van der Waals surface area contributed by atoms with E-state index in [1.807, 2.05) is 65.6 Å². The number of halogens is 1. The summed E-state index contributed by atoms with van der Waals surface area (Å²) in [6.45, 7) is 1.27. The van der Waals surface area contributed by atoms with Crippen molar-refractivity contribution >= 4 is 17.5 Å². The number of nitrogens with zero attached hydrogens (tertiary/aromatic N) is 2. The first-order chi connectivity index (χ1) is 15.7. The number of carbonyl (C=O) groups is 1. The Morgan fingerprint density at radius 3 is 2.19 bits per heavy atom.